The average Bonchev–Trinajstić information content (AvgIpc) is 3.09. The summed E-state index contributed by atoms with van der Waals surface area (Å²) in [5.74, 6) is 1.63. The SMILES string of the molecule is Cc1ccc(-c2noc(C(C)(N)C3CC3)n2)cc1. The number of hydrogen-bond donors (Lipinski definition) is 1. The summed E-state index contributed by atoms with van der Waals surface area (Å²) in [6, 6.07) is 8.06. The predicted molar refractivity (Wildman–Crippen MR) is 68.7 cm³/mol. The van der Waals surface area contributed by atoms with Crippen LogP contribution in [0.2, 0.25) is 0 Å². The number of nitrogens with zero attached hydrogens (tertiary/aromatic N) is 2. The fourth-order valence-electron chi connectivity index (χ4n) is 2.12. The van der Waals surface area contributed by atoms with Gasteiger partial charge in [0.2, 0.25) is 11.7 Å². The third-order valence-electron chi connectivity index (χ3n) is 3.62. The number of nitrogens with two attached hydrogens (primary N) is 1. The highest BCUT2D eigenvalue weighted by Crippen LogP contribution is 2.43. The van der Waals surface area contributed by atoms with Crippen LogP contribution in [-0.2, 0) is 5.54 Å². The molecule has 1 atom stereocenters. The number of aryl methyl sites for hydroxylation is 1. The molecule has 2 N–H and O–H groups in total. The lowest BCUT2D eigenvalue weighted by Gasteiger charge is -2.18. The molecular weight excluding hydrogens is 226 g/mol. The highest BCUT2D eigenvalue weighted by atomic mass is 16.5. The summed E-state index contributed by atoms with van der Waals surface area (Å²) in [5.41, 5.74) is 7.94. The molecule has 1 unspecified atom stereocenters. The van der Waals surface area contributed by atoms with Crippen molar-refractivity contribution in [3.05, 3.63) is 35.7 Å². The lowest BCUT2D eigenvalue weighted by atomic mass is 9.97. The van der Waals surface area contributed by atoms with Gasteiger partial charge in [0, 0.05) is 5.56 Å². The molecule has 0 spiro atoms. The van der Waals surface area contributed by atoms with E-state index >= 15 is 0 Å². The molecular formula is C14H17N3O. The Labute approximate surface area is 106 Å². The number of rotatable bonds is 3. The minimum absolute atomic E-state index is 0.476. The number of benzene rings is 1. The maximum absolute atomic E-state index is 6.26. The van der Waals surface area contributed by atoms with Crippen molar-refractivity contribution in [2.45, 2.75) is 32.2 Å². The van der Waals surface area contributed by atoms with Crippen molar-refractivity contribution in [3.8, 4) is 11.4 Å². The minimum Gasteiger partial charge on any atom is -0.337 e. The largest absolute Gasteiger partial charge is 0.337 e. The second-order valence-corrected chi connectivity index (χ2v) is 5.35. The third-order valence-corrected chi connectivity index (χ3v) is 3.62. The predicted octanol–water partition coefficient (Wildman–Crippen LogP) is 2.63. The van der Waals surface area contributed by atoms with E-state index in [4.69, 9.17) is 10.3 Å². The second kappa shape index (κ2) is 3.92. The smallest absolute Gasteiger partial charge is 0.247 e. The molecule has 3 rings (SSSR count). The van der Waals surface area contributed by atoms with Crippen molar-refractivity contribution >= 4 is 0 Å². The molecule has 1 saturated carbocycles. The zero-order valence-corrected chi connectivity index (χ0v) is 10.7. The zero-order chi connectivity index (χ0) is 12.8. The molecule has 0 saturated heterocycles. The number of aromatic nitrogens is 2. The Morgan fingerprint density at radius 1 is 1.28 bits per heavy atom. The molecule has 1 heterocycles. The van der Waals surface area contributed by atoms with Gasteiger partial charge < -0.3 is 10.3 Å². The molecule has 1 aromatic carbocycles. The van der Waals surface area contributed by atoms with Crippen LogP contribution in [0, 0.1) is 12.8 Å². The van der Waals surface area contributed by atoms with E-state index in [1.807, 2.05) is 31.2 Å². The van der Waals surface area contributed by atoms with Crippen LogP contribution < -0.4 is 5.73 Å². The fraction of sp³-hybridized carbons (Fsp3) is 0.429. The Hall–Kier alpha value is -1.68. The van der Waals surface area contributed by atoms with E-state index in [0.717, 1.165) is 18.4 Å². The Morgan fingerprint density at radius 2 is 1.94 bits per heavy atom. The van der Waals surface area contributed by atoms with Gasteiger partial charge in [-0.3, -0.25) is 0 Å². The fourth-order valence-corrected chi connectivity index (χ4v) is 2.12. The molecule has 0 radical (unpaired) electrons. The highest BCUT2D eigenvalue weighted by molar-refractivity contribution is 5.54. The van der Waals surface area contributed by atoms with Crippen molar-refractivity contribution < 1.29 is 4.52 Å². The van der Waals surface area contributed by atoms with E-state index in [-0.39, 0.29) is 0 Å². The molecule has 0 bridgehead atoms. The topological polar surface area (TPSA) is 64.9 Å². The van der Waals surface area contributed by atoms with E-state index < -0.39 is 5.54 Å². The van der Waals surface area contributed by atoms with Gasteiger partial charge in [0.15, 0.2) is 0 Å². The lowest BCUT2D eigenvalue weighted by molar-refractivity contribution is 0.273. The van der Waals surface area contributed by atoms with Crippen LogP contribution in [0.15, 0.2) is 28.8 Å². The standard InChI is InChI=1S/C14H17N3O/c1-9-3-5-10(6-4-9)12-16-13(18-17-12)14(2,15)11-7-8-11/h3-6,11H,7-8,15H2,1-2H3. The van der Waals surface area contributed by atoms with Crippen LogP contribution >= 0.6 is 0 Å². The molecule has 2 aromatic rings. The highest BCUT2D eigenvalue weighted by Gasteiger charge is 2.43. The molecule has 4 nitrogen and oxygen atoms in total. The molecule has 0 amide bonds. The van der Waals surface area contributed by atoms with Crippen LogP contribution in [0.5, 0.6) is 0 Å². The summed E-state index contributed by atoms with van der Waals surface area (Å²) in [5, 5.41) is 4.03. The molecule has 1 aromatic heterocycles. The summed E-state index contributed by atoms with van der Waals surface area (Å²) >= 11 is 0. The van der Waals surface area contributed by atoms with E-state index in [1.165, 1.54) is 5.56 Å². The van der Waals surface area contributed by atoms with Gasteiger partial charge in [0.25, 0.3) is 0 Å². The van der Waals surface area contributed by atoms with Gasteiger partial charge in [-0.05, 0) is 32.6 Å². The van der Waals surface area contributed by atoms with E-state index in [0.29, 0.717) is 17.6 Å². The van der Waals surface area contributed by atoms with Gasteiger partial charge in [0.05, 0.1) is 5.54 Å². The summed E-state index contributed by atoms with van der Waals surface area (Å²) in [6.45, 7) is 4.02. The summed E-state index contributed by atoms with van der Waals surface area (Å²) < 4.78 is 5.33. The first-order valence-corrected chi connectivity index (χ1v) is 6.27. The van der Waals surface area contributed by atoms with Crippen molar-refractivity contribution in [2.24, 2.45) is 11.7 Å². The van der Waals surface area contributed by atoms with Crippen molar-refractivity contribution in [1.29, 1.82) is 0 Å². The first-order chi connectivity index (χ1) is 8.57. The monoisotopic (exact) mass is 243 g/mol. The lowest BCUT2D eigenvalue weighted by Crippen LogP contribution is -2.35. The van der Waals surface area contributed by atoms with Crippen LogP contribution in [0.4, 0.5) is 0 Å². The van der Waals surface area contributed by atoms with E-state index in [2.05, 4.69) is 17.1 Å². The molecule has 1 aliphatic carbocycles. The molecule has 1 aliphatic rings. The second-order valence-electron chi connectivity index (χ2n) is 5.35. The number of hydrogen-bond acceptors (Lipinski definition) is 4. The van der Waals surface area contributed by atoms with Crippen LogP contribution in [-0.4, -0.2) is 10.1 Å². The van der Waals surface area contributed by atoms with Gasteiger partial charge in [-0.1, -0.05) is 35.0 Å². The maximum Gasteiger partial charge on any atom is 0.247 e. The Bertz CT molecular complexity index is 553. The third kappa shape index (κ3) is 1.93. The molecule has 18 heavy (non-hydrogen) atoms. The molecule has 94 valence electrons. The van der Waals surface area contributed by atoms with E-state index in [1.54, 1.807) is 0 Å². The van der Waals surface area contributed by atoms with Gasteiger partial charge in [-0.15, -0.1) is 0 Å². The van der Waals surface area contributed by atoms with Crippen molar-refractivity contribution in [2.75, 3.05) is 0 Å². The van der Waals surface area contributed by atoms with E-state index in [9.17, 15) is 0 Å². The molecule has 0 aliphatic heterocycles. The molecule has 4 heteroatoms. The Kier molecular flexibility index (Phi) is 2.48. The van der Waals surface area contributed by atoms with Crippen LogP contribution in [0.1, 0.15) is 31.2 Å². The minimum atomic E-state index is -0.490. The normalized spacial score (nSPS) is 18.6. The first-order valence-electron chi connectivity index (χ1n) is 6.27. The van der Waals surface area contributed by atoms with Gasteiger partial charge >= 0.3 is 0 Å². The van der Waals surface area contributed by atoms with Crippen molar-refractivity contribution in [3.63, 3.8) is 0 Å². The van der Waals surface area contributed by atoms with Gasteiger partial charge in [-0.25, -0.2) is 0 Å². The summed E-state index contributed by atoms with van der Waals surface area (Å²) in [6.07, 6.45) is 2.30. The summed E-state index contributed by atoms with van der Waals surface area (Å²) in [4.78, 5) is 4.44. The molecule has 1 fully saturated rings. The van der Waals surface area contributed by atoms with Crippen LogP contribution in [0.3, 0.4) is 0 Å². The van der Waals surface area contributed by atoms with Gasteiger partial charge in [0.1, 0.15) is 0 Å². The van der Waals surface area contributed by atoms with Gasteiger partial charge in [-0.2, -0.15) is 4.98 Å². The Morgan fingerprint density at radius 3 is 2.56 bits per heavy atom. The quantitative estimate of drug-likeness (QED) is 0.900. The average molecular weight is 243 g/mol. The van der Waals surface area contributed by atoms with Crippen molar-refractivity contribution in [1.82, 2.24) is 10.1 Å². The Balaban J connectivity index is 1.91. The zero-order valence-electron chi connectivity index (χ0n) is 10.7. The first kappa shape index (κ1) is 11.4. The van der Waals surface area contributed by atoms with Crippen LogP contribution in [0.25, 0.3) is 11.4 Å². The summed E-state index contributed by atoms with van der Waals surface area (Å²) in [7, 11) is 0. The maximum atomic E-state index is 6.26.